The molecule has 1 radical (unpaired) electrons. The molecule has 117 valence electrons. The number of carbonyl (C=O) groups is 1. The van der Waals surface area contributed by atoms with Crippen LogP contribution in [0.25, 0.3) is 5.70 Å². The minimum Gasteiger partial charge on any atom is -0.468 e. The Morgan fingerprint density at radius 1 is 1.45 bits per heavy atom. The van der Waals surface area contributed by atoms with Crippen LogP contribution >= 0.6 is 15.9 Å². The Bertz CT molecular complexity index is 562. The van der Waals surface area contributed by atoms with Crippen molar-refractivity contribution in [1.82, 2.24) is 4.90 Å². The molecule has 6 heteroatoms. The molecule has 1 aliphatic heterocycles. The van der Waals surface area contributed by atoms with Gasteiger partial charge in [-0.15, -0.1) is 17.3 Å². The van der Waals surface area contributed by atoms with Gasteiger partial charge in [-0.25, -0.2) is 6.08 Å². The van der Waals surface area contributed by atoms with Crippen LogP contribution in [0.15, 0.2) is 22.7 Å². The molecule has 0 saturated carbocycles. The minimum atomic E-state index is -0.00298. The number of hydrogen-bond acceptors (Lipinski definition) is 3. The molecule has 1 aromatic rings. The number of nitrogens with zero attached hydrogens (tertiary/aromatic N) is 1. The van der Waals surface area contributed by atoms with Crippen LogP contribution in [0.1, 0.15) is 25.8 Å². The van der Waals surface area contributed by atoms with Gasteiger partial charge in [0.25, 0.3) is 0 Å². The maximum Gasteiger partial charge on any atom is 0.225 e. The van der Waals surface area contributed by atoms with Crippen molar-refractivity contribution in [2.24, 2.45) is 5.92 Å². The Morgan fingerprint density at radius 2 is 2.18 bits per heavy atom. The monoisotopic (exact) mass is 441 g/mol. The Labute approximate surface area is 165 Å². The normalized spacial score (nSPS) is 17.8. The van der Waals surface area contributed by atoms with Crippen LogP contribution in [0.2, 0.25) is 0 Å². The second-order valence-corrected chi connectivity index (χ2v) is 5.76. The topological polar surface area (TPSA) is 38.8 Å². The molecule has 1 heterocycles. The zero-order valence-electron chi connectivity index (χ0n) is 13.1. The van der Waals surface area contributed by atoms with Gasteiger partial charge in [0.1, 0.15) is 5.75 Å². The number of methoxy groups -OCH3 is 1. The van der Waals surface area contributed by atoms with Crippen LogP contribution < -0.4 is 4.74 Å². The molecule has 22 heavy (non-hydrogen) atoms. The van der Waals surface area contributed by atoms with Crippen molar-refractivity contribution >= 4 is 27.5 Å². The fourth-order valence-corrected chi connectivity index (χ4v) is 2.81. The molecule has 1 aromatic carbocycles. The maximum atomic E-state index is 12.3. The number of allylic oxidation sites excluding steroid dienone is 1. The summed E-state index contributed by atoms with van der Waals surface area (Å²) in [5.74, 6) is 0.862. The largest absolute Gasteiger partial charge is 0.468 e. The standard InChI is InChI=1S/C16H19BrNO3.Y/c1-4-18-15(8-5-11(2)16(18)19)13-7-6-12(9-14(13)17)21-10-20-3;/h6-7,9,11H,4-5,10H2,1-3H3;/q-1;. The SMILES string of the molecule is CCN1C(=O)C(C)C[C-]=C1c1ccc(OCOC)cc1Br.[Y]. The Balaban J connectivity index is 0.00000242. The molecule has 0 saturated heterocycles. The van der Waals surface area contributed by atoms with Gasteiger partial charge in [0.15, 0.2) is 6.79 Å². The van der Waals surface area contributed by atoms with E-state index in [1.54, 1.807) is 12.0 Å². The van der Waals surface area contributed by atoms with Crippen molar-refractivity contribution in [3.05, 3.63) is 34.3 Å². The molecule has 1 aliphatic rings. The van der Waals surface area contributed by atoms with Crippen molar-refractivity contribution in [1.29, 1.82) is 0 Å². The Morgan fingerprint density at radius 3 is 2.77 bits per heavy atom. The predicted molar refractivity (Wildman–Crippen MR) is 84.5 cm³/mol. The first kappa shape index (κ1) is 19.8. The minimum absolute atomic E-state index is 0. The van der Waals surface area contributed by atoms with Crippen molar-refractivity contribution in [3.63, 3.8) is 0 Å². The van der Waals surface area contributed by atoms with Gasteiger partial charge in [0.2, 0.25) is 5.91 Å². The number of ether oxygens (including phenoxy) is 2. The zero-order chi connectivity index (χ0) is 15.4. The van der Waals surface area contributed by atoms with E-state index in [4.69, 9.17) is 9.47 Å². The van der Waals surface area contributed by atoms with Gasteiger partial charge in [-0.1, -0.05) is 33.7 Å². The molecule has 1 unspecified atom stereocenters. The van der Waals surface area contributed by atoms with Crippen molar-refractivity contribution in [2.75, 3.05) is 20.4 Å². The summed E-state index contributed by atoms with van der Waals surface area (Å²) in [5.41, 5.74) is 1.78. The van der Waals surface area contributed by atoms with Crippen molar-refractivity contribution in [2.45, 2.75) is 20.3 Å². The Kier molecular flexibility index (Phi) is 8.25. The fourth-order valence-electron chi connectivity index (χ4n) is 2.27. The molecule has 0 aromatic heterocycles. The third kappa shape index (κ3) is 4.41. The summed E-state index contributed by atoms with van der Waals surface area (Å²) in [4.78, 5) is 14.0. The van der Waals surface area contributed by atoms with Gasteiger partial charge in [-0.05, 0) is 19.1 Å². The number of hydrogen-bond donors (Lipinski definition) is 0. The molecule has 1 atom stereocenters. The van der Waals surface area contributed by atoms with Crippen LogP contribution in [0.3, 0.4) is 0 Å². The molecule has 0 bridgehead atoms. The van der Waals surface area contributed by atoms with Crippen molar-refractivity contribution in [3.8, 4) is 5.75 Å². The van der Waals surface area contributed by atoms with E-state index in [1.807, 2.05) is 32.0 Å². The second kappa shape index (κ2) is 9.16. The summed E-state index contributed by atoms with van der Waals surface area (Å²) in [6, 6.07) is 5.67. The average Bonchev–Trinajstić information content (AvgIpc) is 2.48. The number of rotatable bonds is 5. The average molecular weight is 442 g/mol. The third-order valence-electron chi connectivity index (χ3n) is 3.39. The first-order chi connectivity index (χ1) is 10.1. The molecule has 4 nitrogen and oxygen atoms in total. The third-order valence-corrected chi connectivity index (χ3v) is 4.04. The van der Waals surface area contributed by atoms with Crippen LogP contribution in [-0.2, 0) is 42.2 Å². The first-order valence-electron chi connectivity index (χ1n) is 6.92. The summed E-state index contributed by atoms with van der Waals surface area (Å²) in [6.07, 6.45) is 4.00. The summed E-state index contributed by atoms with van der Waals surface area (Å²) < 4.78 is 11.2. The number of halogens is 1. The Hall–Kier alpha value is -0.226. The van der Waals surface area contributed by atoms with E-state index in [2.05, 4.69) is 22.0 Å². The van der Waals surface area contributed by atoms with E-state index in [-0.39, 0.29) is 51.3 Å². The van der Waals surface area contributed by atoms with Gasteiger partial charge in [-0.3, -0.25) is 4.79 Å². The second-order valence-electron chi connectivity index (χ2n) is 4.91. The number of amides is 1. The predicted octanol–water partition coefficient (Wildman–Crippen LogP) is 3.46. The first-order valence-corrected chi connectivity index (χ1v) is 7.71. The van der Waals surface area contributed by atoms with Crippen LogP contribution in [0.4, 0.5) is 0 Å². The van der Waals surface area contributed by atoms with Gasteiger partial charge < -0.3 is 14.4 Å². The van der Waals surface area contributed by atoms with Gasteiger partial charge in [-0.2, -0.15) is 0 Å². The zero-order valence-corrected chi connectivity index (χ0v) is 17.5. The molecular weight excluding hydrogens is 423 g/mol. The molecule has 0 fully saturated rings. The smallest absolute Gasteiger partial charge is 0.225 e. The van der Waals surface area contributed by atoms with E-state index in [0.717, 1.165) is 15.7 Å². The number of carbonyl (C=O) groups excluding carboxylic acids is 1. The molecule has 2 rings (SSSR count). The van der Waals surface area contributed by atoms with E-state index in [1.165, 1.54) is 0 Å². The van der Waals surface area contributed by atoms with E-state index in [0.29, 0.717) is 18.7 Å². The van der Waals surface area contributed by atoms with Gasteiger partial charge >= 0.3 is 0 Å². The summed E-state index contributed by atoms with van der Waals surface area (Å²) in [5, 5.41) is 0. The summed E-state index contributed by atoms with van der Waals surface area (Å²) >= 11 is 3.55. The van der Waals surface area contributed by atoms with Gasteiger partial charge in [0, 0.05) is 52.3 Å². The van der Waals surface area contributed by atoms with Crippen LogP contribution in [-0.4, -0.2) is 31.3 Å². The van der Waals surface area contributed by atoms with Crippen LogP contribution in [0.5, 0.6) is 5.75 Å². The molecular formula is C16H19BrNO3Y-. The fraction of sp³-hybridized carbons (Fsp3) is 0.438. The molecule has 1 amide bonds. The number of benzene rings is 1. The van der Waals surface area contributed by atoms with Gasteiger partial charge in [0.05, 0.1) is 0 Å². The van der Waals surface area contributed by atoms with E-state index in [9.17, 15) is 4.79 Å². The summed E-state index contributed by atoms with van der Waals surface area (Å²) in [6.45, 7) is 4.75. The van der Waals surface area contributed by atoms with E-state index >= 15 is 0 Å². The maximum absolute atomic E-state index is 12.3. The van der Waals surface area contributed by atoms with Crippen LogP contribution in [0, 0.1) is 12.0 Å². The van der Waals surface area contributed by atoms with Crippen molar-refractivity contribution < 1.29 is 47.0 Å². The quantitative estimate of drug-likeness (QED) is 0.518. The molecule has 0 aliphatic carbocycles. The van der Waals surface area contributed by atoms with E-state index < -0.39 is 0 Å². The molecule has 0 N–H and O–H groups in total. The summed E-state index contributed by atoms with van der Waals surface area (Å²) in [7, 11) is 1.58. The molecule has 0 spiro atoms.